The number of carbonyl (C=O) groups is 1. The molecule has 1 aromatic heterocycles. The Kier molecular flexibility index (Phi) is 6.63. The van der Waals surface area contributed by atoms with Crippen molar-refractivity contribution in [2.75, 3.05) is 20.3 Å². The highest BCUT2D eigenvalue weighted by molar-refractivity contribution is 5.78. The van der Waals surface area contributed by atoms with Crippen molar-refractivity contribution in [3.8, 4) is 22.9 Å². The summed E-state index contributed by atoms with van der Waals surface area (Å²) in [7, 11) is 1.55. The van der Waals surface area contributed by atoms with E-state index >= 15 is 0 Å². The maximum Gasteiger partial charge on any atom is 0.261 e. The summed E-state index contributed by atoms with van der Waals surface area (Å²) in [6.45, 7) is 6.07. The Morgan fingerprint density at radius 1 is 1.17 bits per heavy atom. The Morgan fingerprint density at radius 2 is 1.90 bits per heavy atom. The van der Waals surface area contributed by atoms with E-state index in [2.05, 4.69) is 16.7 Å². The maximum absolute atomic E-state index is 12.6. The van der Waals surface area contributed by atoms with Crippen molar-refractivity contribution >= 4 is 5.91 Å². The first-order chi connectivity index (χ1) is 14.1. The highest BCUT2D eigenvalue weighted by Gasteiger charge is 2.18. The Morgan fingerprint density at radius 3 is 2.59 bits per heavy atom. The van der Waals surface area contributed by atoms with Crippen molar-refractivity contribution in [2.45, 2.75) is 13.5 Å². The van der Waals surface area contributed by atoms with Gasteiger partial charge in [-0.05, 0) is 19.1 Å². The van der Waals surface area contributed by atoms with Crippen LogP contribution >= 0.6 is 0 Å². The van der Waals surface area contributed by atoms with Crippen LogP contribution in [-0.2, 0) is 11.3 Å². The Labute approximate surface area is 169 Å². The van der Waals surface area contributed by atoms with Crippen LogP contribution in [0.3, 0.4) is 0 Å². The number of nitrogens with zero attached hydrogens (tertiary/aromatic N) is 3. The second kappa shape index (κ2) is 9.54. The number of ether oxygens (including phenoxy) is 2. The minimum Gasteiger partial charge on any atom is -0.493 e. The Bertz CT molecular complexity index is 966. The smallest absolute Gasteiger partial charge is 0.261 e. The van der Waals surface area contributed by atoms with Crippen molar-refractivity contribution in [1.82, 2.24) is 15.0 Å². The van der Waals surface area contributed by atoms with Crippen molar-refractivity contribution in [1.29, 1.82) is 0 Å². The van der Waals surface area contributed by atoms with E-state index in [0.717, 1.165) is 11.1 Å². The van der Waals surface area contributed by atoms with Gasteiger partial charge in [0.05, 0.1) is 7.11 Å². The summed E-state index contributed by atoms with van der Waals surface area (Å²) in [5.41, 5.74) is 2.00. The van der Waals surface area contributed by atoms with E-state index in [9.17, 15) is 4.79 Å². The van der Waals surface area contributed by atoms with E-state index in [1.54, 1.807) is 25.3 Å². The average molecular weight is 393 g/mol. The number of amides is 1. The molecular formula is C22H23N3O4. The fourth-order valence-corrected chi connectivity index (χ4v) is 2.68. The van der Waals surface area contributed by atoms with Crippen LogP contribution in [0.15, 0.2) is 65.7 Å². The first-order valence-electron chi connectivity index (χ1n) is 9.15. The molecule has 0 atom stereocenters. The van der Waals surface area contributed by atoms with Gasteiger partial charge in [-0.25, -0.2) is 0 Å². The van der Waals surface area contributed by atoms with Gasteiger partial charge in [-0.1, -0.05) is 53.2 Å². The number of methoxy groups -OCH3 is 1. The molecule has 0 unspecified atom stereocenters. The fraction of sp³-hybridized carbons (Fsp3) is 0.227. The number of benzene rings is 2. The molecule has 0 aliphatic carbocycles. The summed E-state index contributed by atoms with van der Waals surface area (Å²) < 4.78 is 16.2. The van der Waals surface area contributed by atoms with Crippen LogP contribution in [0.5, 0.6) is 11.5 Å². The molecule has 0 aliphatic rings. The molecule has 0 fully saturated rings. The zero-order valence-electron chi connectivity index (χ0n) is 16.5. The lowest BCUT2D eigenvalue weighted by molar-refractivity contribution is -0.133. The third kappa shape index (κ3) is 5.22. The van der Waals surface area contributed by atoms with Crippen LogP contribution in [0.25, 0.3) is 11.4 Å². The molecule has 7 nitrogen and oxygen atoms in total. The van der Waals surface area contributed by atoms with Gasteiger partial charge in [0, 0.05) is 12.1 Å². The van der Waals surface area contributed by atoms with E-state index < -0.39 is 0 Å². The normalized spacial score (nSPS) is 10.4. The average Bonchev–Trinajstić information content (AvgIpc) is 3.21. The predicted octanol–water partition coefficient (Wildman–Crippen LogP) is 3.65. The molecule has 0 aliphatic heterocycles. The van der Waals surface area contributed by atoms with Gasteiger partial charge in [0.1, 0.15) is 6.54 Å². The lowest BCUT2D eigenvalue weighted by Crippen LogP contribution is -2.34. The largest absolute Gasteiger partial charge is 0.493 e. The van der Waals surface area contributed by atoms with Gasteiger partial charge in [-0.2, -0.15) is 4.98 Å². The second-order valence-corrected chi connectivity index (χ2v) is 6.38. The summed E-state index contributed by atoms with van der Waals surface area (Å²) in [5.74, 6) is 1.66. The summed E-state index contributed by atoms with van der Waals surface area (Å²) in [5, 5.41) is 4.01. The Balaban J connectivity index is 1.65. The second-order valence-electron chi connectivity index (χ2n) is 6.38. The molecule has 0 saturated carbocycles. The van der Waals surface area contributed by atoms with Crippen molar-refractivity contribution in [2.24, 2.45) is 0 Å². The van der Waals surface area contributed by atoms with Crippen LogP contribution in [0.4, 0.5) is 0 Å². The van der Waals surface area contributed by atoms with Crippen LogP contribution in [0.1, 0.15) is 11.5 Å². The lowest BCUT2D eigenvalue weighted by atomic mass is 10.1. The predicted molar refractivity (Wildman–Crippen MR) is 109 cm³/mol. The molecule has 0 bridgehead atoms. The summed E-state index contributed by atoms with van der Waals surface area (Å²) in [4.78, 5) is 18.6. The zero-order chi connectivity index (χ0) is 20.6. The van der Waals surface area contributed by atoms with Gasteiger partial charge in [0.25, 0.3) is 5.91 Å². The number of rotatable bonds is 9. The molecule has 150 valence electrons. The number of para-hydroxylation sites is 2. The van der Waals surface area contributed by atoms with Crippen LogP contribution < -0.4 is 9.47 Å². The van der Waals surface area contributed by atoms with E-state index in [-0.39, 0.29) is 19.1 Å². The minimum atomic E-state index is -0.231. The monoisotopic (exact) mass is 393 g/mol. The van der Waals surface area contributed by atoms with E-state index in [1.165, 1.54) is 4.90 Å². The third-order valence-corrected chi connectivity index (χ3v) is 4.23. The van der Waals surface area contributed by atoms with Crippen LogP contribution in [-0.4, -0.2) is 41.2 Å². The van der Waals surface area contributed by atoms with Crippen molar-refractivity contribution < 1.29 is 18.8 Å². The molecule has 0 N–H and O–H groups in total. The molecule has 0 saturated heterocycles. The quantitative estimate of drug-likeness (QED) is 0.517. The van der Waals surface area contributed by atoms with Gasteiger partial charge in [0.15, 0.2) is 18.1 Å². The standard InChI is InChI=1S/C22H23N3O4/c1-4-13-25(21(26)15-28-19-8-6-5-7-18(19)27-3)14-20-23-22(24-29-20)17-11-9-16(2)10-12-17/h4-12H,1,13-15H2,2-3H3. The molecule has 3 rings (SSSR count). The highest BCUT2D eigenvalue weighted by Crippen LogP contribution is 2.25. The van der Waals surface area contributed by atoms with Gasteiger partial charge in [-0.3, -0.25) is 4.79 Å². The number of aromatic nitrogens is 2. The highest BCUT2D eigenvalue weighted by atomic mass is 16.5. The molecule has 29 heavy (non-hydrogen) atoms. The molecule has 3 aromatic rings. The first-order valence-corrected chi connectivity index (χ1v) is 9.15. The number of aryl methyl sites for hydroxylation is 1. The molecular weight excluding hydrogens is 370 g/mol. The van der Waals surface area contributed by atoms with Gasteiger partial charge < -0.3 is 18.9 Å². The number of hydrogen-bond acceptors (Lipinski definition) is 6. The lowest BCUT2D eigenvalue weighted by Gasteiger charge is -2.19. The summed E-state index contributed by atoms with van der Waals surface area (Å²) in [6.07, 6.45) is 1.64. The van der Waals surface area contributed by atoms with Crippen molar-refractivity contribution in [3.05, 3.63) is 72.6 Å². The van der Waals surface area contributed by atoms with E-state index in [1.807, 2.05) is 43.3 Å². The van der Waals surface area contributed by atoms with E-state index in [0.29, 0.717) is 29.8 Å². The van der Waals surface area contributed by atoms with Crippen LogP contribution in [0, 0.1) is 6.92 Å². The van der Waals surface area contributed by atoms with Crippen molar-refractivity contribution in [3.63, 3.8) is 0 Å². The van der Waals surface area contributed by atoms with Gasteiger partial charge in [-0.15, -0.1) is 6.58 Å². The van der Waals surface area contributed by atoms with Gasteiger partial charge >= 0.3 is 0 Å². The Hall–Kier alpha value is -3.61. The summed E-state index contributed by atoms with van der Waals surface area (Å²) >= 11 is 0. The third-order valence-electron chi connectivity index (χ3n) is 4.23. The number of carbonyl (C=O) groups excluding carboxylic acids is 1. The summed E-state index contributed by atoms with van der Waals surface area (Å²) in [6, 6.07) is 15.0. The number of hydrogen-bond donors (Lipinski definition) is 0. The molecule has 1 amide bonds. The topological polar surface area (TPSA) is 77.7 Å². The van der Waals surface area contributed by atoms with Crippen LogP contribution in [0.2, 0.25) is 0 Å². The molecule has 0 spiro atoms. The first kappa shape index (κ1) is 20.1. The SMILES string of the molecule is C=CCN(Cc1nc(-c2ccc(C)cc2)no1)C(=O)COc1ccccc1OC. The minimum absolute atomic E-state index is 0.146. The molecule has 1 heterocycles. The maximum atomic E-state index is 12.6. The van der Waals surface area contributed by atoms with E-state index in [4.69, 9.17) is 14.0 Å². The zero-order valence-corrected chi connectivity index (χ0v) is 16.5. The molecule has 2 aromatic carbocycles. The van der Waals surface area contributed by atoms with Gasteiger partial charge in [0.2, 0.25) is 11.7 Å². The molecule has 0 radical (unpaired) electrons. The fourth-order valence-electron chi connectivity index (χ4n) is 2.68. The molecule has 7 heteroatoms.